The van der Waals surface area contributed by atoms with E-state index in [0.717, 1.165) is 99.4 Å². The lowest BCUT2D eigenvalue weighted by Gasteiger charge is -2.13. The molecule has 0 aliphatic carbocycles. The third-order valence-electron chi connectivity index (χ3n) is 12.4. The molecule has 298 valence electrons. The molecular weight excluding hydrogens is 783 g/mol. The lowest BCUT2D eigenvalue weighted by atomic mass is 9.94. The fourth-order valence-corrected chi connectivity index (χ4v) is 9.52. The highest BCUT2D eigenvalue weighted by Crippen LogP contribution is 2.44. The predicted molar refractivity (Wildman–Crippen MR) is 261 cm³/mol. The largest absolute Gasteiger partial charge is 0.454 e. The molecule has 0 spiro atoms. The molecule has 0 atom stereocenters. The first kappa shape index (κ1) is 36.0. The number of rotatable bonds is 6. The van der Waals surface area contributed by atoms with E-state index in [1.54, 1.807) is 0 Å². The molecule has 0 unspecified atom stereocenters. The van der Waals surface area contributed by atoms with Crippen LogP contribution in [0.5, 0.6) is 0 Å². The summed E-state index contributed by atoms with van der Waals surface area (Å²) in [6, 6.07) is 73.8. The van der Waals surface area contributed by atoms with E-state index in [1.807, 2.05) is 42.5 Å². The van der Waals surface area contributed by atoms with Crippen molar-refractivity contribution in [2.75, 3.05) is 0 Å². The van der Waals surface area contributed by atoms with E-state index in [-0.39, 0.29) is 0 Å². The Balaban J connectivity index is 0.951. The summed E-state index contributed by atoms with van der Waals surface area (Å²) in [7, 11) is 0. The van der Waals surface area contributed by atoms with Crippen molar-refractivity contribution in [2.24, 2.45) is 0 Å². The summed E-state index contributed by atoms with van der Waals surface area (Å²) in [6.07, 6.45) is 0. The molecule has 6 nitrogen and oxygen atoms in total. The van der Waals surface area contributed by atoms with Gasteiger partial charge in [-0.05, 0) is 58.3 Å². The van der Waals surface area contributed by atoms with Gasteiger partial charge in [0.1, 0.15) is 11.3 Å². The van der Waals surface area contributed by atoms with E-state index in [9.17, 15) is 0 Å². The molecule has 6 heteroatoms. The minimum atomic E-state index is 0.597. The molecule has 0 saturated carbocycles. The van der Waals surface area contributed by atoms with E-state index in [4.69, 9.17) is 24.4 Å². The van der Waals surface area contributed by atoms with E-state index < -0.39 is 0 Å². The molecule has 64 heavy (non-hydrogen) atoms. The summed E-state index contributed by atoms with van der Waals surface area (Å²) >= 11 is 0. The Morgan fingerprint density at radius 3 is 1.67 bits per heavy atom. The van der Waals surface area contributed by atoms with Gasteiger partial charge in [0.15, 0.2) is 23.1 Å². The van der Waals surface area contributed by atoms with Gasteiger partial charge in [-0.2, -0.15) is 0 Å². The molecule has 0 aliphatic heterocycles. The van der Waals surface area contributed by atoms with Crippen LogP contribution in [0.4, 0.5) is 0 Å². The van der Waals surface area contributed by atoms with Crippen LogP contribution in [0, 0.1) is 0 Å². The van der Waals surface area contributed by atoms with Crippen LogP contribution in [0.3, 0.4) is 0 Å². The van der Waals surface area contributed by atoms with E-state index in [2.05, 4.69) is 174 Å². The van der Waals surface area contributed by atoms with Crippen molar-refractivity contribution < 1.29 is 4.42 Å². The van der Waals surface area contributed by atoms with Gasteiger partial charge in [-0.1, -0.05) is 176 Å². The summed E-state index contributed by atoms with van der Waals surface area (Å²) in [5.74, 6) is 1.82. The molecular formula is C58H35N5O. The minimum absolute atomic E-state index is 0.597. The van der Waals surface area contributed by atoms with Crippen molar-refractivity contribution in [2.45, 2.75) is 0 Å². The van der Waals surface area contributed by atoms with Crippen molar-refractivity contribution in [1.29, 1.82) is 0 Å². The third kappa shape index (κ3) is 5.73. The first-order valence-electron chi connectivity index (χ1n) is 21.5. The minimum Gasteiger partial charge on any atom is -0.454 e. The quantitative estimate of drug-likeness (QED) is 0.167. The van der Waals surface area contributed by atoms with Crippen LogP contribution in [0.15, 0.2) is 217 Å². The molecule has 0 N–H and O–H groups in total. The van der Waals surface area contributed by atoms with Crippen molar-refractivity contribution in [3.05, 3.63) is 212 Å². The molecule has 0 aliphatic rings. The number of furan rings is 1. The van der Waals surface area contributed by atoms with Gasteiger partial charge in [-0.15, -0.1) is 0 Å². The highest BCUT2D eigenvalue weighted by Gasteiger charge is 2.22. The van der Waals surface area contributed by atoms with Gasteiger partial charge in [0, 0.05) is 54.9 Å². The molecule has 13 aromatic rings. The average molecular weight is 818 g/mol. The van der Waals surface area contributed by atoms with Gasteiger partial charge in [-0.3, -0.25) is 0 Å². The van der Waals surface area contributed by atoms with E-state index >= 15 is 0 Å². The summed E-state index contributed by atoms with van der Waals surface area (Å²) in [4.78, 5) is 20.7. The highest BCUT2D eigenvalue weighted by molar-refractivity contribution is 6.25. The smallest absolute Gasteiger partial charge is 0.164 e. The summed E-state index contributed by atoms with van der Waals surface area (Å²) < 4.78 is 9.06. The summed E-state index contributed by atoms with van der Waals surface area (Å²) in [5.41, 5.74) is 12.6. The SMILES string of the molecule is c1ccc(-c2nc(-c3ccc(-c4cccc5nc(-c6cccc7ccccc67)c6oc7ccccc7c6c45)cc3)nc(-c3cccc(-n4c5ccccc5c5ccccc54)c3)n2)cc1. The maximum Gasteiger partial charge on any atom is 0.164 e. The van der Waals surface area contributed by atoms with Crippen LogP contribution in [-0.2, 0) is 0 Å². The first-order valence-corrected chi connectivity index (χ1v) is 21.5. The van der Waals surface area contributed by atoms with Gasteiger partial charge >= 0.3 is 0 Å². The first-order chi connectivity index (χ1) is 31.7. The normalized spacial score (nSPS) is 11.8. The summed E-state index contributed by atoms with van der Waals surface area (Å²) in [5, 5.41) is 7.90. The third-order valence-corrected chi connectivity index (χ3v) is 12.4. The van der Waals surface area contributed by atoms with Crippen LogP contribution in [0.25, 0.3) is 128 Å². The lowest BCUT2D eigenvalue weighted by Crippen LogP contribution is -2.01. The van der Waals surface area contributed by atoms with Gasteiger partial charge < -0.3 is 8.98 Å². The number of hydrogen-bond donors (Lipinski definition) is 0. The average Bonchev–Trinajstić information content (AvgIpc) is 3.93. The number of para-hydroxylation sites is 3. The van der Waals surface area contributed by atoms with Crippen molar-refractivity contribution in [3.8, 4) is 62.2 Å². The fraction of sp³-hybridized carbons (Fsp3) is 0. The Hall–Kier alpha value is -8.74. The Labute approximate surface area is 367 Å². The van der Waals surface area contributed by atoms with Gasteiger partial charge in [0.25, 0.3) is 0 Å². The molecule has 0 saturated heterocycles. The molecule has 4 heterocycles. The number of hydrogen-bond acceptors (Lipinski definition) is 5. The van der Waals surface area contributed by atoms with E-state index in [0.29, 0.717) is 17.5 Å². The van der Waals surface area contributed by atoms with Crippen LogP contribution >= 0.6 is 0 Å². The second-order valence-electron chi connectivity index (χ2n) is 16.2. The maximum absolute atomic E-state index is 6.74. The number of fused-ring (bicyclic) bond motifs is 9. The van der Waals surface area contributed by atoms with Crippen LogP contribution in [0.1, 0.15) is 0 Å². The molecule has 4 aromatic heterocycles. The molecule has 9 aromatic carbocycles. The zero-order valence-electron chi connectivity index (χ0n) is 34.4. The second kappa shape index (κ2) is 14.4. The number of aromatic nitrogens is 5. The van der Waals surface area contributed by atoms with Crippen molar-refractivity contribution >= 4 is 65.4 Å². The topological polar surface area (TPSA) is 69.6 Å². The van der Waals surface area contributed by atoms with Crippen LogP contribution < -0.4 is 0 Å². The lowest BCUT2D eigenvalue weighted by molar-refractivity contribution is 0.669. The molecule has 0 amide bonds. The van der Waals surface area contributed by atoms with Gasteiger partial charge in [0.2, 0.25) is 0 Å². The fourth-order valence-electron chi connectivity index (χ4n) is 9.52. The molecule has 0 bridgehead atoms. The molecule has 0 fully saturated rings. The van der Waals surface area contributed by atoms with Crippen molar-refractivity contribution in [1.82, 2.24) is 24.5 Å². The van der Waals surface area contributed by atoms with E-state index in [1.165, 1.54) is 10.8 Å². The Kier molecular flexibility index (Phi) is 8.11. The number of benzene rings is 9. The zero-order valence-corrected chi connectivity index (χ0v) is 34.4. The van der Waals surface area contributed by atoms with Gasteiger partial charge in [-0.25, -0.2) is 19.9 Å². The van der Waals surface area contributed by atoms with Crippen LogP contribution in [-0.4, -0.2) is 24.5 Å². The number of nitrogens with zero attached hydrogens (tertiary/aromatic N) is 5. The van der Waals surface area contributed by atoms with Gasteiger partial charge in [0.05, 0.1) is 16.6 Å². The van der Waals surface area contributed by atoms with Crippen molar-refractivity contribution in [3.63, 3.8) is 0 Å². The number of pyridine rings is 1. The highest BCUT2D eigenvalue weighted by atomic mass is 16.3. The standard InChI is InChI=1S/C58H35N5O/c1-2-16-38(17-3-1)56-60-57(62-58(61-56)40-19-12-20-41(35-40)63-49-28-9-6-22-44(49)45-23-7-10-29-50(45)63)39-33-31-37(32-34-39)43-25-14-27-48-52(43)53-47-24-8-11-30-51(47)64-55(53)54(59-48)46-26-13-18-36-15-4-5-21-42(36)46/h1-35H. The molecule has 0 radical (unpaired) electrons. The predicted octanol–water partition coefficient (Wildman–Crippen LogP) is 14.9. The summed E-state index contributed by atoms with van der Waals surface area (Å²) in [6.45, 7) is 0. The molecule has 13 rings (SSSR count). The Morgan fingerprint density at radius 1 is 0.359 bits per heavy atom. The second-order valence-corrected chi connectivity index (χ2v) is 16.2. The monoisotopic (exact) mass is 817 g/mol. The van der Waals surface area contributed by atoms with Crippen LogP contribution in [0.2, 0.25) is 0 Å². The Morgan fingerprint density at radius 2 is 0.906 bits per heavy atom. The zero-order chi connectivity index (χ0) is 42.1. The maximum atomic E-state index is 6.74. The Bertz CT molecular complexity index is 3900.